The quantitative estimate of drug-likeness (QED) is 0.612. The van der Waals surface area contributed by atoms with Gasteiger partial charge >= 0.3 is 0 Å². The van der Waals surface area contributed by atoms with E-state index in [1.807, 2.05) is 0 Å². The molecule has 1 rings (SSSR count). The van der Waals surface area contributed by atoms with Crippen LogP contribution in [0.25, 0.3) is 0 Å². The predicted octanol–water partition coefficient (Wildman–Crippen LogP) is 2.04. The van der Waals surface area contributed by atoms with Crippen LogP contribution in [0.1, 0.15) is 27.2 Å². The third-order valence-electron chi connectivity index (χ3n) is 2.79. The summed E-state index contributed by atoms with van der Waals surface area (Å²) >= 11 is 0. The van der Waals surface area contributed by atoms with Crippen LogP contribution in [0, 0.1) is 11.8 Å². The van der Waals surface area contributed by atoms with Crippen LogP contribution in [0.15, 0.2) is 0 Å². The van der Waals surface area contributed by atoms with E-state index in [1.165, 1.54) is 0 Å². The summed E-state index contributed by atoms with van der Waals surface area (Å²) in [5.74, 6) is 1.16. The van der Waals surface area contributed by atoms with Crippen LogP contribution in [0.4, 0.5) is 0 Å². The van der Waals surface area contributed by atoms with Crippen molar-refractivity contribution in [3.05, 3.63) is 0 Å². The maximum atomic E-state index is 5.66. The fourth-order valence-corrected chi connectivity index (χ4v) is 1.74. The fraction of sp³-hybridized carbons (Fsp3) is 1.00. The molecule has 1 aliphatic heterocycles. The first-order valence-corrected chi connectivity index (χ1v) is 4.39. The van der Waals surface area contributed by atoms with Gasteiger partial charge in [0.15, 0.2) is 6.29 Å². The van der Waals surface area contributed by atoms with Gasteiger partial charge in [0.1, 0.15) is 0 Å². The largest absolute Gasteiger partial charge is 0.356 e. The Morgan fingerprint density at radius 2 is 1.91 bits per heavy atom. The maximum absolute atomic E-state index is 5.66. The second-order valence-electron chi connectivity index (χ2n) is 3.41. The normalized spacial score (nSPS) is 44.7. The van der Waals surface area contributed by atoms with E-state index < -0.39 is 0 Å². The van der Waals surface area contributed by atoms with Crippen molar-refractivity contribution in [2.75, 3.05) is 7.11 Å². The highest BCUT2D eigenvalue weighted by molar-refractivity contribution is 4.80. The van der Waals surface area contributed by atoms with Crippen LogP contribution in [-0.2, 0) is 9.47 Å². The molecule has 1 saturated heterocycles. The first-order valence-electron chi connectivity index (χ1n) is 4.39. The number of hydrogen-bond donors (Lipinski definition) is 0. The van der Waals surface area contributed by atoms with Gasteiger partial charge in [-0.2, -0.15) is 0 Å². The minimum absolute atomic E-state index is 0.0231. The molecule has 0 N–H and O–H groups in total. The van der Waals surface area contributed by atoms with Crippen LogP contribution in [0.5, 0.6) is 0 Å². The van der Waals surface area contributed by atoms with Gasteiger partial charge in [0.05, 0.1) is 6.10 Å². The van der Waals surface area contributed by atoms with E-state index in [2.05, 4.69) is 20.8 Å². The third kappa shape index (κ3) is 1.57. The molecular weight excluding hydrogens is 140 g/mol. The molecule has 0 aromatic heterocycles. The van der Waals surface area contributed by atoms with Gasteiger partial charge in [-0.15, -0.1) is 0 Å². The molecule has 2 nitrogen and oxygen atoms in total. The second-order valence-corrected chi connectivity index (χ2v) is 3.41. The zero-order chi connectivity index (χ0) is 8.43. The van der Waals surface area contributed by atoms with Crippen LogP contribution in [-0.4, -0.2) is 19.5 Å². The SMILES string of the molecule is CC[C@@H]1OC(OC)C(C)C1C. The molecule has 2 heteroatoms. The van der Waals surface area contributed by atoms with Gasteiger partial charge in [-0.1, -0.05) is 20.8 Å². The van der Waals surface area contributed by atoms with Crippen LogP contribution in [0.3, 0.4) is 0 Å². The lowest BCUT2D eigenvalue weighted by molar-refractivity contribution is -0.129. The fourth-order valence-electron chi connectivity index (χ4n) is 1.74. The summed E-state index contributed by atoms with van der Waals surface area (Å²) in [6.07, 6.45) is 1.51. The molecule has 3 unspecified atom stereocenters. The lowest BCUT2D eigenvalue weighted by Crippen LogP contribution is -2.17. The minimum atomic E-state index is 0.0231. The average Bonchev–Trinajstić information content (AvgIpc) is 2.30. The highest BCUT2D eigenvalue weighted by Gasteiger charge is 2.37. The van der Waals surface area contributed by atoms with E-state index >= 15 is 0 Å². The molecule has 0 aromatic rings. The Bertz CT molecular complexity index is 107. The monoisotopic (exact) mass is 158 g/mol. The van der Waals surface area contributed by atoms with Crippen molar-refractivity contribution in [1.29, 1.82) is 0 Å². The molecule has 0 bridgehead atoms. The Balaban J connectivity index is 2.53. The van der Waals surface area contributed by atoms with Gasteiger partial charge < -0.3 is 9.47 Å². The maximum Gasteiger partial charge on any atom is 0.160 e. The zero-order valence-electron chi connectivity index (χ0n) is 7.83. The highest BCUT2D eigenvalue weighted by Crippen LogP contribution is 2.33. The highest BCUT2D eigenvalue weighted by atomic mass is 16.7. The molecule has 0 amide bonds. The Kier molecular flexibility index (Phi) is 2.90. The molecule has 0 saturated carbocycles. The molecule has 11 heavy (non-hydrogen) atoms. The summed E-state index contributed by atoms with van der Waals surface area (Å²) in [6.45, 7) is 6.58. The van der Waals surface area contributed by atoms with Crippen molar-refractivity contribution in [2.45, 2.75) is 39.6 Å². The van der Waals surface area contributed by atoms with Gasteiger partial charge in [0.25, 0.3) is 0 Å². The smallest absolute Gasteiger partial charge is 0.160 e. The molecular formula is C9H18O2. The summed E-state index contributed by atoms with van der Waals surface area (Å²) in [4.78, 5) is 0. The standard InChI is InChI=1S/C9H18O2/c1-5-8-6(2)7(3)9(10-4)11-8/h6-9H,5H2,1-4H3/t6?,7?,8-,9?/m0/s1. The van der Waals surface area contributed by atoms with Gasteiger partial charge in [-0.05, 0) is 12.3 Å². The molecule has 0 spiro atoms. The molecule has 66 valence electrons. The van der Waals surface area contributed by atoms with Crippen LogP contribution < -0.4 is 0 Å². The molecule has 0 aliphatic carbocycles. The predicted molar refractivity (Wildman–Crippen MR) is 44.3 cm³/mol. The van der Waals surface area contributed by atoms with Crippen molar-refractivity contribution in [1.82, 2.24) is 0 Å². The van der Waals surface area contributed by atoms with E-state index in [-0.39, 0.29) is 6.29 Å². The molecule has 0 radical (unpaired) electrons. The summed E-state index contributed by atoms with van der Waals surface area (Å²) in [5, 5.41) is 0. The van der Waals surface area contributed by atoms with E-state index in [1.54, 1.807) is 7.11 Å². The average molecular weight is 158 g/mol. The van der Waals surface area contributed by atoms with Crippen molar-refractivity contribution < 1.29 is 9.47 Å². The Hall–Kier alpha value is -0.0800. The van der Waals surface area contributed by atoms with E-state index in [4.69, 9.17) is 9.47 Å². The van der Waals surface area contributed by atoms with Crippen LogP contribution in [0.2, 0.25) is 0 Å². The van der Waals surface area contributed by atoms with Crippen LogP contribution >= 0.6 is 0 Å². The summed E-state index contributed by atoms with van der Waals surface area (Å²) in [6, 6.07) is 0. The number of ether oxygens (including phenoxy) is 2. The lowest BCUT2D eigenvalue weighted by Gasteiger charge is -2.13. The van der Waals surface area contributed by atoms with Crippen molar-refractivity contribution in [2.24, 2.45) is 11.8 Å². The Morgan fingerprint density at radius 3 is 2.18 bits per heavy atom. The van der Waals surface area contributed by atoms with Gasteiger partial charge in [0, 0.05) is 13.0 Å². The summed E-state index contributed by atoms with van der Waals surface area (Å²) in [7, 11) is 1.71. The van der Waals surface area contributed by atoms with E-state index in [9.17, 15) is 0 Å². The molecule has 4 atom stereocenters. The second kappa shape index (κ2) is 3.55. The summed E-state index contributed by atoms with van der Waals surface area (Å²) < 4.78 is 10.9. The first-order chi connectivity index (χ1) is 5.20. The van der Waals surface area contributed by atoms with Gasteiger partial charge in [0.2, 0.25) is 0 Å². The molecule has 1 heterocycles. The van der Waals surface area contributed by atoms with Crippen molar-refractivity contribution in [3.8, 4) is 0 Å². The molecule has 1 aliphatic rings. The number of rotatable bonds is 2. The topological polar surface area (TPSA) is 18.5 Å². The Morgan fingerprint density at radius 1 is 1.27 bits per heavy atom. The third-order valence-corrected chi connectivity index (χ3v) is 2.79. The molecule has 0 aromatic carbocycles. The first kappa shape index (κ1) is 9.01. The van der Waals surface area contributed by atoms with Crippen molar-refractivity contribution >= 4 is 0 Å². The van der Waals surface area contributed by atoms with Gasteiger partial charge in [-0.3, -0.25) is 0 Å². The zero-order valence-corrected chi connectivity index (χ0v) is 7.83. The summed E-state index contributed by atoms with van der Waals surface area (Å²) in [5.41, 5.74) is 0. The van der Waals surface area contributed by atoms with E-state index in [0.29, 0.717) is 17.9 Å². The number of methoxy groups -OCH3 is 1. The van der Waals surface area contributed by atoms with Crippen molar-refractivity contribution in [3.63, 3.8) is 0 Å². The molecule has 1 fully saturated rings. The Labute approximate surface area is 68.9 Å². The van der Waals surface area contributed by atoms with Gasteiger partial charge in [-0.25, -0.2) is 0 Å². The van der Waals surface area contributed by atoms with E-state index in [0.717, 1.165) is 6.42 Å². The lowest BCUT2D eigenvalue weighted by atomic mass is 9.92. The minimum Gasteiger partial charge on any atom is -0.356 e. The number of hydrogen-bond acceptors (Lipinski definition) is 2.